The molecule has 1 atom stereocenters. The van der Waals surface area contributed by atoms with Crippen LogP contribution in [0.4, 0.5) is 0 Å². The van der Waals surface area contributed by atoms with Crippen LogP contribution in [0.1, 0.15) is 18.8 Å². The summed E-state index contributed by atoms with van der Waals surface area (Å²) in [6.07, 6.45) is 0. The summed E-state index contributed by atoms with van der Waals surface area (Å²) in [7, 11) is -1.76. The molecule has 0 saturated carbocycles. The van der Waals surface area contributed by atoms with E-state index in [-0.39, 0.29) is 11.6 Å². The highest BCUT2D eigenvalue weighted by atomic mass is 79.9. The van der Waals surface area contributed by atoms with E-state index in [1.807, 2.05) is 19.1 Å². The SMILES string of the molecule is CC(c1nc2ccc(Br)cc2c(=O)n1C)N1CCN(S(=O)(=O)c2ccccc2)CC1. The third-order valence-corrected chi connectivity index (χ3v) is 8.05. The molecule has 1 unspecified atom stereocenters. The summed E-state index contributed by atoms with van der Waals surface area (Å²) in [6.45, 7) is 3.95. The number of rotatable bonds is 4. The Hall–Kier alpha value is -2.07. The first-order chi connectivity index (χ1) is 14.3. The number of piperazine rings is 1. The monoisotopic (exact) mass is 490 g/mol. The van der Waals surface area contributed by atoms with Crippen LogP contribution < -0.4 is 5.56 Å². The van der Waals surface area contributed by atoms with Crippen LogP contribution >= 0.6 is 15.9 Å². The molecule has 4 rings (SSSR count). The van der Waals surface area contributed by atoms with Crippen LogP contribution in [0.5, 0.6) is 0 Å². The highest BCUT2D eigenvalue weighted by molar-refractivity contribution is 9.10. The Morgan fingerprint density at radius 3 is 2.37 bits per heavy atom. The quantitative estimate of drug-likeness (QED) is 0.561. The van der Waals surface area contributed by atoms with Crippen LogP contribution in [-0.4, -0.2) is 53.4 Å². The predicted octanol–water partition coefficient (Wildman–Crippen LogP) is 2.76. The Morgan fingerprint density at radius 1 is 1.03 bits per heavy atom. The van der Waals surface area contributed by atoms with Gasteiger partial charge in [0, 0.05) is 37.7 Å². The number of fused-ring (bicyclic) bond motifs is 1. The van der Waals surface area contributed by atoms with E-state index in [1.54, 1.807) is 48.0 Å². The van der Waals surface area contributed by atoms with Crippen molar-refractivity contribution in [2.45, 2.75) is 17.9 Å². The number of nitrogens with zero attached hydrogens (tertiary/aromatic N) is 4. The van der Waals surface area contributed by atoms with Crippen LogP contribution in [0.3, 0.4) is 0 Å². The molecule has 1 fully saturated rings. The predicted molar refractivity (Wildman–Crippen MR) is 120 cm³/mol. The Labute approximate surface area is 184 Å². The number of hydrogen-bond acceptors (Lipinski definition) is 5. The molecule has 1 aliphatic rings. The average molecular weight is 491 g/mol. The summed E-state index contributed by atoms with van der Waals surface area (Å²) in [4.78, 5) is 20.0. The normalized spacial score (nSPS) is 17.3. The maximum Gasteiger partial charge on any atom is 0.261 e. The summed E-state index contributed by atoms with van der Waals surface area (Å²) in [5.41, 5.74) is 0.571. The summed E-state index contributed by atoms with van der Waals surface area (Å²) >= 11 is 3.40. The minimum absolute atomic E-state index is 0.0894. The minimum Gasteiger partial charge on any atom is -0.298 e. The lowest BCUT2D eigenvalue weighted by Crippen LogP contribution is -2.49. The minimum atomic E-state index is -3.49. The van der Waals surface area contributed by atoms with Gasteiger partial charge in [0.2, 0.25) is 10.0 Å². The van der Waals surface area contributed by atoms with E-state index in [0.717, 1.165) is 4.47 Å². The molecule has 2 heterocycles. The zero-order chi connectivity index (χ0) is 21.5. The number of hydrogen-bond donors (Lipinski definition) is 0. The van der Waals surface area contributed by atoms with Crippen LogP contribution in [0.15, 0.2) is 62.7 Å². The Balaban J connectivity index is 1.55. The standard InChI is InChI=1S/C21H23BrN4O3S/c1-15(20-23-19-9-8-16(22)14-18(19)21(27)24(20)2)25-10-12-26(13-11-25)30(28,29)17-6-4-3-5-7-17/h3-9,14-15H,10-13H2,1-2H3. The van der Waals surface area contributed by atoms with Crippen molar-refractivity contribution in [1.82, 2.24) is 18.8 Å². The Bertz CT molecular complexity index is 1240. The summed E-state index contributed by atoms with van der Waals surface area (Å²) in [6, 6.07) is 13.9. The van der Waals surface area contributed by atoms with Crippen LogP contribution in [-0.2, 0) is 17.1 Å². The second kappa shape index (κ2) is 8.22. The lowest BCUT2D eigenvalue weighted by atomic mass is 10.2. The molecule has 0 amide bonds. The second-order valence-electron chi connectivity index (χ2n) is 7.42. The van der Waals surface area contributed by atoms with Gasteiger partial charge in [-0.3, -0.25) is 14.3 Å². The van der Waals surface area contributed by atoms with E-state index in [1.165, 1.54) is 4.31 Å². The Kier molecular flexibility index (Phi) is 5.80. The largest absolute Gasteiger partial charge is 0.298 e. The zero-order valence-electron chi connectivity index (χ0n) is 16.8. The van der Waals surface area contributed by atoms with Gasteiger partial charge < -0.3 is 0 Å². The van der Waals surface area contributed by atoms with Gasteiger partial charge in [-0.1, -0.05) is 34.1 Å². The lowest BCUT2D eigenvalue weighted by molar-refractivity contribution is 0.139. The molecular formula is C21H23BrN4O3S. The van der Waals surface area contributed by atoms with Crippen LogP contribution in [0.25, 0.3) is 10.9 Å². The van der Waals surface area contributed by atoms with Crippen molar-refractivity contribution >= 4 is 36.9 Å². The highest BCUT2D eigenvalue weighted by Gasteiger charge is 2.31. The number of halogens is 1. The molecule has 2 aromatic carbocycles. The molecule has 158 valence electrons. The fraction of sp³-hybridized carbons (Fsp3) is 0.333. The molecule has 0 radical (unpaired) electrons. The Morgan fingerprint density at radius 2 is 1.70 bits per heavy atom. The van der Waals surface area contributed by atoms with E-state index in [0.29, 0.717) is 47.8 Å². The van der Waals surface area contributed by atoms with Gasteiger partial charge in [-0.2, -0.15) is 4.31 Å². The van der Waals surface area contributed by atoms with Gasteiger partial charge in [-0.05, 0) is 37.3 Å². The molecule has 9 heteroatoms. The smallest absolute Gasteiger partial charge is 0.261 e. The summed E-state index contributed by atoms with van der Waals surface area (Å²) in [5.74, 6) is 0.675. The van der Waals surface area contributed by atoms with Gasteiger partial charge >= 0.3 is 0 Å². The maximum atomic E-state index is 12.9. The molecule has 0 aliphatic carbocycles. The summed E-state index contributed by atoms with van der Waals surface area (Å²) in [5, 5.41) is 0.571. The van der Waals surface area contributed by atoms with Crippen molar-refractivity contribution in [1.29, 1.82) is 0 Å². The van der Waals surface area contributed by atoms with Crippen molar-refractivity contribution in [3.05, 3.63) is 69.2 Å². The fourth-order valence-corrected chi connectivity index (χ4v) is 5.67. The van der Waals surface area contributed by atoms with Gasteiger partial charge in [0.25, 0.3) is 5.56 Å². The van der Waals surface area contributed by atoms with Crippen molar-refractivity contribution < 1.29 is 8.42 Å². The number of sulfonamides is 1. The van der Waals surface area contributed by atoms with Crippen LogP contribution in [0, 0.1) is 0 Å². The topological polar surface area (TPSA) is 75.5 Å². The lowest BCUT2D eigenvalue weighted by Gasteiger charge is -2.37. The first kappa shape index (κ1) is 21.2. The molecular weight excluding hydrogens is 468 g/mol. The fourth-order valence-electron chi connectivity index (χ4n) is 3.87. The van der Waals surface area contributed by atoms with Gasteiger partial charge in [-0.15, -0.1) is 0 Å². The number of benzene rings is 2. The van der Waals surface area contributed by atoms with Crippen LogP contribution in [0.2, 0.25) is 0 Å². The maximum absolute atomic E-state index is 12.9. The molecule has 0 N–H and O–H groups in total. The molecule has 0 spiro atoms. The molecule has 1 aromatic heterocycles. The molecule has 7 nitrogen and oxygen atoms in total. The first-order valence-corrected chi connectivity index (χ1v) is 12.0. The van der Waals surface area contributed by atoms with Gasteiger partial charge in [-0.25, -0.2) is 13.4 Å². The van der Waals surface area contributed by atoms with E-state index in [2.05, 4.69) is 20.8 Å². The summed E-state index contributed by atoms with van der Waals surface area (Å²) < 4.78 is 29.7. The van der Waals surface area contributed by atoms with Gasteiger partial charge in [0.15, 0.2) is 0 Å². The average Bonchev–Trinajstić information content (AvgIpc) is 2.77. The first-order valence-electron chi connectivity index (χ1n) is 9.74. The third-order valence-electron chi connectivity index (χ3n) is 5.65. The molecule has 30 heavy (non-hydrogen) atoms. The van der Waals surface area contributed by atoms with Gasteiger partial charge in [0.05, 0.1) is 21.8 Å². The van der Waals surface area contributed by atoms with Crippen molar-refractivity contribution in [2.24, 2.45) is 7.05 Å². The second-order valence-corrected chi connectivity index (χ2v) is 10.3. The van der Waals surface area contributed by atoms with E-state index in [4.69, 9.17) is 4.98 Å². The van der Waals surface area contributed by atoms with Crippen molar-refractivity contribution in [3.63, 3.8) is 0 Å². The molecule has 1 aliphatic heterocycles. The van der Waals surface area contributed by atoms with Gasteiger partial charge in [0.1, 0.15) is 5.82 Å². The van der Waals surface area contributed by atoms with Crippen molar-refractivity contribution in [3.8, 4) is 0 Å². The van der Waals surface area contributed by atoms with E-state index in [9.17, 15) is 13.2 Å². The number of aromatic nitrogens is 2. The third kappa shape index (κ3) is 3.82. The van der Waals surface area contributed by atoms with E-state index >= 15 is 0 Å². The van der Waals surface area contributed by atoms with Crippen molar-refractivity contribution in [2.75, 3.05) is 26.2 Å². The molecule has 3 aromatic rings. The highest BCUT2D eigenvalue weighted by Crippen LogP contribution is 2.24. The zero-order valence-corrected chi connectivity index (χ0v) is 19.2. The molecule has 0 bridgehead atoms. The molecule has 1 saturated heterocycles. The van der Waals surface area contributed by atoms with E-state index < -0.39 is 10.0 Å².